The van der Waals surface area contributed by atoms with Crippen LogP contribution in [0.5, 0.6) is 0 Å². The fourth-order valence-corrected chi connectivity index (χ4v) is 3.57. The van der Waals surface area contributed by atoms with Crippen molar-refractivity contribution in [1.29, 1.82) is 0 Å². The number of sulfonamides is 1. The summed E-state index contributed by atoms with van der Waals surface area (Å²) in [6, 6.07) is 3.06. The highest BCUT2D eigenvalue weighted by molar-refractivity contribution is 7.89. The van der Waals surface area contributed by atoms with Crippen LogP contribution >= 0.6 is 0 Å². The predicted molar refractivity (Wildman–Crippen MR) is 89.8 cm³/mol. The summed E-state index contributed by atoms with van der Waals surface area (Å²) in [6.45, 7) is 8.49. The van der Waals surface area contributed by atoms with Crippen molar-refractivity contribution in [1.82, 2.24) is 9.62 Å². The van der Waals surface area contributed by atoms with Gasteiger partial charge < -0.3 is 10.1 Å². The molecule has 0 radical (unpaired) electrons. The highest BCUT2D eigenvalue weighted by Crippen LogP contribution is 2.20. The second kappa shape index (κ2) is 7.48. The largest absolute Gasteiger partial charge is 0.444 e. The van der Waals surface area contributed by atoms with Gasteiger partial charge in [0.25, 0.3) is 0 Å². The third-order valence-corrected chi connectivity index (χ3v) is 5.10. The van der Waals surface area contributed by atoms with E-state index < -0.39 is 33.6 Å². The Morgan fingerprint density at radius 2 is 1.96 bits per heavy atom. The summed E-state index contributed by atoms with van der Waals surface area (Å²) in [5.41, 5.74) is -0.304. The summed E-state index contributed by atoms with van der Waals surface area (Å²) in [6.07, 6.45) is -0.612. The number of hydrogen-bond donors (Lipinski definition) is 1. The van der Waals surface area contributed by atoms with Crippen molar-refractivity contribution >= 4 is 16.1 Å². The predicted octanol–water partition coefficient (Wildman–Crippen LogP) is 2.67. The summed E-state index contributed by atoms with van der Waals surface area (Å²) in [5.74, 6) is -0.492. The van der Waals surface area contributed by atoms with Crippen LogP contribution in [0.2, 0.25) is 0 Å². The Labute approximate surface area is 143 Å². The summed E-state index contributed by atoms with van der Waals surface area (Å²) < 4.78 is 44.6. The number of aryl methyl sites for hydroxylation is 1. The first kappa shape index (κ1) is 20.4. The molecule has 0 fully saturated rings. The first-order chi connectivity index (χ1) is 10.8. The van der Waals surface area contributed by atoms with E-state index in [1.807, 2.05) is 0 Å². The molecule has 0 saturated carbocycles. The Morgan fingerprint density at radius 3 is 2.46 bits per heavy atom. The quantitative estimate of drug-likeness (QED) is 0.876. The number of nitrogens with one attached hydrogen (secondary N) is 1. The number of halogens is 1. The number of amides is 1. The van der Waals surface area contributed by atoms with Crippen LogP contribution in [0, 0.1) is 12.7 Å². The molecule has 1 N–H and O–H groups in total. The lowest BCUT2D eigenvalue weighted by Crippen LogP contribution is -2.44. The third-order valence-electron chi connectivity index (χ3n) is 3.12. The Balaban J connectivity index is 2.79. The van der Waals surface area contributed by atoms with E-state index in [0.29, 0.717) is 5.56 Å². The highest BCUT2D eigenvalue weighted by Gasteiger charge is 2.25. The molecule has 1 aromatic carbocycles. The van der Waals surface area contributed by atoms with Crippen LogP contribution < -0.4 is 5.32 Å². The van der Waals surface area contributed by atoms with Crippen molar-refractivity contribution in [2.45, 2.75) is 51.2 Å². The molecule has 1 atom stereocenters. The molecule has 1 amide bonds. The van der Waals surface area contributed by atoms with Crippen LogP contribution in [0.25, 0.3) is 0 Å². The van der Waals surface area contributed by atoms with E-state index in [2.05, 4.69) is 5.32 Å². The van der Waals surface area contributed by atoms with E-state index in [-0.39, 0.29) is 11.4 Å². The smallest absolute Gasteiger partial charge is 0.407 e. The minimum Gasteiger partial charge on any atom is -0.444 e. The molecule has 0 aromatic heterocycles. The van der Waals surface area contributed by atoms with E-state index in [9.17, 15) is 17.6 Å². The molecular weight excluding hydrogens is 335 g/mol. The number of hydrogen-bond acceptors (Lipinski definition) is 4. The standard InChI is InChI=1S/C16H25FN2O4S/c1-11-9-13(17)7-8-14(11)24(21,22)19(6)10-12(2)18-15(20)23-16(3,4)5/h7-9,12H,10H2,1-6H3,(H,18,20)/t12-/m0/s1. The molecule has 1 rings (SSSR count). The summed E-state index contributed by atoms with van der Waals surface area (Å²) in [4.78, 5) is 11.8. The van der Waals surface area contributed by atoms with Crippen molar-refractivity contribution < 1.29 is 22.3 Å². The topological polar surface area (TPSA) is 75.7 Å². The maximum absolute atomic E-state index is 13.2. The Morgan fingerprint density at radius 1 is 1.38 bits per heavy atom. The summed E-state index contributed by atoms with van der Waals surface area (Å²) in [7, 11) is -2.37. The van der Waals surface area contributed by atoms with Gasteiger partial charge in [-0.3, -0.25) is 0 Å². The second-order valence-electron chi connectivity index (χ2n) is 6.74. The lowest BCUT2D eigenvalue weighted by molar-refractivity contribution is 0.0504. The Hall–Kier alpha value is -1.67. The van der Waals surface area contributed by atoms with E-state index in [4.69, 9.17) is 4.74 Å². The molecule has 0 heterocycles. The fourth-order valence-electron chi connectivity index (χ4n) is 2.11. The number of carbonyl (C=O) groups is 1. The number of benzene rings is 1. The molecule has 136 valence electrons. The lowest BCUT2D eigenvalue weighted by Gasteiger charge is -2.25. The Bertz CT molecular complexity index is 699. The fraction of sp³-hybridized carbons (Fsp3) is 0.562. The normalized spacial score (nSPS) is 13.7. The molecule has 24 heavy (non-hydrogen) atoms. The molecule has 6 nitrogen and oxygen atoms in total. The van der Waals surface area contributed by atoms with Gasteiger partial charge in [-0.2, -0.15) is 4.31 Å². The zero-order chi connectivity index (χ0) is 18.7. The number of rotatable bonds is 5. The van der Waals surface area contributed by atoms with Crippen LogP contribution in [0.1, 0.15) is 33.3 Å². The first-order valence-corrected chi connectivity index (χ1v) is 8.99. The van der Waals surface area contributed by atoms with E-state index in [1.54, 1.807) is 27.7 Å². The van der Waals surface area contributed by atoms with Gasteiger partial charge >= 0.3 is 6.09 Å². The van der Waals surface area contributed by atoms with Crippen LogP contribution in [0.4, 0.5) is 9.18 Å². The highest BCUT2D eigenvalue weighted by atomic mass is 32.2. The molecule has 0 spiro atoms. The first-order valence-electron chi connectivity index (χ1n) is 7.55. The van der Waals surface area contributed by atoms with Crippen molar-refractivity contribution in [3.8, 4) is 0 Å². The van der Waals surface area contributed by atoms with Crippen LogP contribution in [-0.2, 0) is 14.8 Å². The van der Waals surface area contributed by atoms with Gasteiger partial charge in [0, 0.05) is 19.6 Å². The second-order valence-corrected chi connectivity index (χ2v) is 8.76. The average Bonchev–Trinajstić information content (AvgIpc) is 2.34. The maximum atomic E-state index is 13.2. The van der Waals surface area contributed by atoms with Crippen molar-refractivity contribution in [3.63, 3.8) is 0 Å². The molecule has 1 aromatic rings. The number of alkyl carbamates (subject to hydrolysis) is 1. The van der Waals surface area contributed by atoms with Gasteiger partial charge in [0.2, 0.25) is 10.0 Å². The molecule has 0 unspecified atom stereocenters. The van der Waals surface area contributed by atoms with Crippen molar-refractivity contribution in [2.75, 3.05) is 13.6 Å². The molecule has 8 heteroatoms. The van der Waals surface area contributed by atoms with Crippen molar-refractivity contribution in [3.05, 3.63) is 29.6 Å². The van der Waals surface area contributed by atoms with Crippen molar-refractivity contribution in [2.24, 2.45) is 0 Å². The minimum absolute atomic E-state index is 0.0378. The van der Waals surface area contributed by atoms with E-state index >= 15 is 0 Å². The molecule has 0 bridgehead atoms. The zero-order valence-corrected chi connectivity index (χ0v) is 15.7. The molecule has 0 saturated heterocycles. The number of nitrogens with zero attached hydrogens (tertiary/aromatic N) is 1. The zero-order valence-electron chi connectivity index (χ0n) is 14.9. The molecular formula is C16H25FN2O4S. The summed E-state index contributed by atoms with van der Waals surface area (Å²) in [5, 5.41) is 2.59. The monoisotopic (exact) mass is 360 g/mol. The van der Waals surface area contributed by atoms with Gasteiger partial charge in [0.05, 0.1) is 4.90 Å². The van der Waals surface area contributed by atoms with Gasteiger partial charge in [-0.25, -0.2) is 17.6 Å². The number of carbonyl (C=O) groups excluding carboxylic acids is 1. The van der Waals surface area contributed by atoms with E-state index in [0.717, 1.165) is 10.4 Å². The number of ether oxygens (including phenoxy) is 1. The summed E-state index contributed by atoms with van der Waals surface area (Å²) >= 11 is 0. The van der Waals surface area contributed by atoms with Crippen LogP contribution in [0.3, 0.4) is 0 Å². The molecule has 0 aliphatic carbocycles. The minimum atomic E-state index is -3.78. The van der Waals surface area contributed by atoms with Gasteiger partial charge in [0.15, 0.2) is 0 Å². The average molecular weight is 360 g/mol. The maximum Gasteiger partial charge on any atom is 0.407 e. The van der Waals surface area contributed by atoms with Gasteiger partial charge in [-0.1, -0.05) is 0 Å². The molecule has 0 aliphatic rings. The third kappa shape index (κ3) is 5.76. The number of likely N-dealkylation sites (N-methyl/N-ethyl adjacent to an activating group) is 1. The van der Waals surface area contributed by atoms with Gasteiger partial charge in [-0.05, 0) is 58.4 Å². The van der Waals surface area contributed by atoms with Gasteiger partial charge in [-0.15, -0.1) is 0 Å². The Kier molecular flexibility index (Phi) is 6.35. The van der Waals surface area contributed by atoms with Crippen LogP contribution in [-0.4, -0.2) is 44.1 Å². The van der Waals surface area contributed by atoms with Crippen LogP contribution in [0.15, 0.2) is 23.1 Å². The lowest BCUT2D eigenvalue weighted by atomic mass is 10.2. The molecule has 0 aliphatic heterocycles. The van der Waals surface area contributed by atoms with E-state index in [1.165, 1.54) is 26.1 Å². The SMILES string of the molecule is Cc1cc(F)ccc1S(=O)(=O)N(C)C[C@H](C)NC(=O)OC(C)(C)C. The van der Waals surface area contributed by atoms with Gasteiger partial charge in [0.1, 0.15) is 11.4 Å².